The van der Waals surface area contributed by atoms with Crippen molar-refractivity contribution in [2.45, 2.75) is 86.2 Å². The lowest BCUT2D eigenvalue weighted by atomic mass is 10.0. The number of carbonyl (C=O) groups is 2. The molecule has 0 atom stereocenters. The number of benzene rings is 2. The Hall–Kier alpha value is -6.14. The summed E-state index contributed by atoms with van der Waals surface area (Å²) in [6.07, 6.45) is 1.90. The Morgan fingerprint density at radius 2 is 1.09 bits per heavy atom. The van der Waals surface area contributed by atoms with E-state index in [1.165, 1.54) is 48.7 Å². The summed E-state index contributed by atoms with van der Waals surface area (Å²) < 4.78 is 15.7. The van der Waals surface area contributed by atoms with E-state index in [1.807, 2.05) is 0 Å². The fourth-order valence-electron chi connectivity index (χ4n) is 4.78. The highest BCUT2D eigenvalue weighted by atomic mass is 16.6. The van der Waals surface area contributed by atoms with Crippen LogP contribution in [0.2, 0.25) is 0 Å². The van der Waals surface area contributed by atoms with Crippen molar-refractivity contribution < 1.29 is 38.8 Å². The number of carbonyl (C=O) groups excluding carboxylic acids is 2. The van der Waals surface area contributed by atoms with E-state index in [2.05, 4.69) is 19.9 Å². The molecule has 0 aliphatic rings. The molecule has 0 spiro atoms. The summed E-state index contributed by atoms with van der Waals surface area (Å²) >= 11 is 0. The summed E-state index contributed by atoms with van der Waals surface area (Å²) in [5, 5.41) is 31.9. The van der Waals surface area contributed by atoms with Gasteiger partial charge in [0.05, 0.1) is 34.4 Å². The van der Waals surface area contributed by atoms with E-state index in [-0.39, 0.29) is 38.2 Å². The van der Waals surface area contributed by atoms with Gasteiger partial charge in [0.2, 0.25) is 0 Å². The van der Waals surface area contributed by atoms with Crippen molar-refractivity contribution in [2.75, 3.05) is 31.0 Å². The second-order valence-electron chi connectivity index (χ2n) is 14.2. The summed E-state index contributed by atoms with van der Waals surface area (Å²) in [7, 11) is 4.60. The molecule has 4 aromatic rings. The molecular weight excluding hydrogens is 728 g/mol. The third-order valence-electron chi connectivity index (χ3n) is 7.37. The molecule has 0 bridgehead atoms. The van der Waals surface area contributed by atoms with Crippen molar-refractivity contribution in [1.82, 2.24) is 19.9 Å². The van der Waals surface area contributed by atoms with Crippen molar-refractivity contribution >= 4 is 35.2 Å². The molecule has 4 rings (SSSR count). The van der Waals surface area contributed by atoms with Crippen LogP contribution in [0.3, 0.4) is 0 Å². The first kappa shape index (κ1) is 46.0. The monoisotopic (exact) mass is 778 g/mol. The van der Waals surface area contributed by atoms with Gasteiger partial charge in [0.25, 0.3) is 11.4 Å². The Bertz CT molecular complexity index is 2000. The number of nitro groups is 2. The molecule has 0 radical (unpaired) electrons. The molecule has 0 unspecified atom stereocenters. The number of aliphatic hydroxyl groups is 1. The predicted molar refractivity (Wildman–Crippen MR) is 209 cm³/mol. The lowest BCUT2D eigenvalue weighted by Crippen LogP contribution is -2.34. The Morgan fingerprint density at radius 3 is 1.45 bits per heavy atom. The lowest BCUT2D eigenvalue weighted by Gasteiger charge is -2.24. The van der Waals surface area contributed by atoms with Gasteiger partial charge in [-0.2, -0.15) is 0 Å². The van der Waals surface area contributed by atoms with Gasteiger partial charge in [-0.05, 0) is 52.7 Å². The van der Waals surface area contributed by atoms with Crippen molar-refractivity contribution in [3.63, 3.8) is 0 Å². The van der Waals surface area contributed by atoms with Crippen LogP contribution in [0, 0.1) is 20.2 Å². The van der Waals surface area contributed by atoms with Crippen LogP contribution in [-0.2, 0) is 40.3 Å². The van der Waals surface area contributed by atoms with Crippen molar-refractivity contribution in [3.05, 3.63) is 115 Å². The van der Waals surface area contributed by atoms with Gasteiger partial charge in [-0.1, -0.05) is 31.7 Å². The minimum absolute atomic E-state index is 0. The number of nitrogens with zero attached hydrogens (tertiary/aromatic N) is 8. The van der Waals surface area contributed by atoms with Crippen LogP contribution < -0.4 is 9.80 Å². The van der Waals surface area contributed by atoms with Crippen LogP contribution >= 0.6 is 0 Å². The summed E-state index contributed by atoms with van der Waals surface area (Å²) in [4.78, 5) is 65.2. The number of methoxy groups -OCH3 is 1. The fourth-order valence-corrected chi connectivity index (χ4v) is 4.78. The van der Waals surface area contributed by atoms with Crippen molar-refractivity contribution in [2.24, 2.45) is 0 Å². The van der Waals surface area contributed by atoms with Crippen LogP contribution in [0.1, 0.15) is 82.6 Å². The topological polar surface area (TPSA) is 226 Å². The average Bonchev–Trinajstić information content (AvgIpc) is 3.10. The molecule has 302 valence electrons. The standard InChI is InChI=1S/C19H24N4O5.C18H22N4O5.CH4/c1-19(2,3)28-18(24)22(4)17-10-15(20-12-21-17)9-14-7-6-13(11-27-5)8-16(14)23(25)26;1-18(2,3)27-17(24)21(4)16-9-14(19-11-20-16)8-13-6-5-12(10-23)7-15(13)22(25)26;/h6-8,10,12H,9,11H2,1-5H3;5-7,9,11,23H,8,10H2,1-4H3;1H4. The molecule has 0 aliphatic carbocycles. The van der Waals surface area contributed by atoms with Gasteiger partial charge < -0.3 is 19.3 Å². The number of rotatable bonds is 11. The predicted octanol–water partition coefficient (Wildman–Crippen LogP) is 6.97. The molecule has 1 N–H and O–H groups in total. The van der Waals surface area contributed by atoms with Gasteiger partial charge in [0.15, 0.2) is 0 Å². The first-order valence-electron chi connectivity index (χ1n) is 16.9. The van der Waals surface area contributed by atoms with Crippen LogP contribution in [0.25, 0.3) is 0 Å². The quantitative estimate of drug-likeness (QED) is 0.120. The van der Waals surface area contributed by atoms with E-state index in [1.54, 1.807) is 85.0 Å². The van der Waals surface area contributed by atoms with Gasteiger partial charge >= 0.3 is 12.2 Å². The summed E-state index contributed by atoms with van der Waals surface area (Å²) in [6, 6.07) is 12.7. The number of aromatic nitrogens is 4. The summed E-state index contributed by atoms with van der Waals surface area (Å²) in [6.45, 7) is 10.6. The number of hydrogen-bond acceptors (Lipinski definition) is 14. The number of amides is 2. The highest BCUT2D eigenvalue weighted by Gasteiger charge is 2.24. The van der Waals surface area contributed by atoms with E-state index in [0.717, 1.165) is 0 Å². The minimum atomic E-state index is -0.643. The maximum Gasteiger partial charge on any atom is 0.415 e. The van der Waals surface area contributed by atoms with E-state index in [4.69, 9.17) is 19.3 Å². The molecule has 2 aromatic carbocycles. The smallest absolute Gasteiger partial charge is 0.415 e. The molecule has 2 amide bonds. The number of nitro benzene ring substituents is 2. The fraction of sp³-hybridized carbons (Fsp3) is 0.421. The van der Waals surface area contributed by atoms with Gasteiger partial charge in [-0.25, -0.2) is 29.5 Å². The SMILES string of the molecule is C.CN(C(=O)OC(C)(C)C)c1cc(Cc2ccc(CO)cc2[N+](=O)[O-])ncn1.COCc1ccc(Cc2cc(N(C)C(=O)OC(C)(C)C)ncn2)c([N+](=O)[O-])c1. The van der Waals surface area contributed by atoms with Gasteiger partial charge in [-0.3, -0.25) is 30.0 Å². The normalized spacial score (nSPS) is 11.0. The zero-order valence-electron chi connectivity index (χ0n) is 32.3. The molecular formula is C38H50N8O10. The van der Waals surface area contributed by atoms with E-state index in [9.17, 15) is 29.8 Å². The molecule has 0 fully saturated rings. The van der Waals surface area contributed by atoms with Gasteiger partial charge in [0.1, 0.15) is 35.5 Å². The highest BCUT2D eigenvalue weighted by molar-refractivity contribution is 5.86. The Morgan fingerprint density at radius 1 is 0.696 bits per heavy atom. The minimum Gasteiger partial charge on any atom is -0.443 e. The first-order chi connectivity index (χ1) is 25.7. The molecule has 0 saturated heterocycles. The maximum atomic E-state index is 12.2. The van der Waals surface area contributed by atoms with Crippen molar-refractivity contribution in [1.29, 1.82) is 0 Å². The Labute approximate surface area is 325 Å². The number of aliphatic hydroxyl groups excluding tert-OH is 1. The largest absolute Gasteiger partial charge is 0.443 e. The molecule has 18 heteroatoms. The van der Waals surface area contributed by atoms with Crippen LogP contribution in [-0.4, -0.2) is 79.5 Å². The number of anilines is 2. The van der Waals surface area contributed by atoms with E-state index in [0.29, 0.717) is 51.9 Å². The second kappa shape index (κ2) is 20.0. The number of hydrogen-bond donors (Lipinski definition) is 1. The van der Waals surface area contributed by atoms with Crippen LogP contribution in [0.15, 0.2) is 61.2 Å². The highest BCUT2D eigenvalue weighted by Crippen LogP contribution is 2.26. The third-order valence-corrected chi connectivity index (χ3v) is 7.37. The van der Waals surface area contributed by atoms with E-state index < -0.39 is 33.2 Å². The summed E-state index contributed by atoms with van der Waals surface area (Å²) in [5.41, 5.74) is 1.80. The zero-order valence-corrected chi connectivity index (χ0v) is 32.3. The molecule has 0 aliphatic heterocycles. The average molecular weight is 779 g/mol. The van der Waals surface area contributed by atoms with Crippen LogP contribution in [0.4, 0.5) is 32.6 Å². The number of ether oxygens (including phenoxy) is 3. The second-order valence-corrected chi connectivity index (χ2v) is 14.2. The third kappa shape index (κ3) is 13.9. The lowest BCUT2D eigenvalue weighted by molar-refractivity contribution is -0.385. The Kier molecular flexibility index (Phi) is 16.4. The maximum absolute atomic E-state index is 12.2. The molecule has 0 saturated carbocycles. The first-order valence-corrected chi connectivity index (χ1v) is 16.9. The molecule has 18 nitrogen and oxygen atoms in total. The molecule has 2 heterocycles. The van der Waals surface area contributed by atoms with Gasteiger partial charge in [0, 0.05) is 69.4 Å². The van der Waals surface area contributed by atoms with Crippen LogP contribution in [0.5, 0.6) is 0 Å². The Balaban J connectivity index is 0.000000380. The molecule has 2 aromatic heterocycles. The van der Waals surface area contributed by atoms with Crippen molar-refractivity contribution in [3.8, 4) is 0 Å². The van der Waals surface area contributed by atoms with E-state index >= 15 is 0 Å². The summed E-state index contributed by atoms with van der Waals surface area (Å²) in [5.74, 6) is 0.668. The van der Waals surface area contributed by atoms with Gasteiger partial charge in [-0.15, -0.1) is 0 Å². The molecule has 56 heavy (non-hydrogen) atoms. The zero-order chi connectivity index (χ0) is 41.1.